The van der Waals surface area contributed by atoms with Crippen LogP contribution in [-0.4, -0.2) is 72.3 Å². The van der Waals surface area contributed by atoms with E-state index in [1.807, 2.05) is 63.1 Å². The Hall–Kier alpha value is -3.06. The second-order valence-corrected chi connectivity index (χ2v) is 12.6. The first kappa shape index (κ1) is 31.5. The molecular weight excluding hydrogens is 498 g/mol. The van der Waals surface area contributed by atoms with E-state index in [0.29, 0.717) is 36.9 Å². The standard InChI is InChI=1S/C34H49N3O3/c1-22-13-25(16-26(31(22)38)19-35(5)6)11-12-34(4,29-14-23(2)32(39)27(17-29)20-36(7)8)30-15-24(3)33(40)28(18-30)21-37(9)10/h13-18,38-40H,11-12,19-21H2,1-10H3. The Labute approximate surface area is 241 Å². The quantitative estimate of drug-likeness (QED) is 0.280. The van der Waals surface area contributed by atoms with Crippen molar-refractivity contribution in [1.29, 1.82) is 0 Å². The van der Waals surface area contributed by atoms with E-state index in [1.54, 1.807) is 0 Å². The molecule has 0 atom stereocenters. The summed E-state index contributed by atoms with van der Waals surface area (Å²) in [5.74, 6) is 1.06. The molecule has 218 valence electrons. The van der Waals surface area contributed by atoms with E-state index in [0.717, 1.165) is 57.3 Å². The fraction of sp³-hybridized carbons (Fsp3) is 0.471. The van der Waals surface area contributed by atoms with Gasteiger partial charge in [0.25, 0.3) is 0 Å². The molecule has 0 amide bonds. The lowest BCUT2D eigenvalue weighted by atomic mass is 9.70. The zero-order valence-corrected chi connectivity index (χ0v) is 26.2. The number of phenols is 3. The largest absolute Gasteiger partial charge is 0.507 e. The first-order chi connectivity index (χ1) is 18.6. The highest BCUT2D eigenvalue weighted by atomic mass is 16.3. The monoisotopic (exact) mass is 547 g/mol. The maximum atomic E-state index is 10.9. The van der Waals surface area contributed by atoms with Gasteiger partial charge >= 0.3 is 0 Å². The first-order valence-electron chi connectivity index (χ1n) is 14.0. The zero-order valence-electron chi connectivity index (χ0n) is 26.2. The molecule has 40 heavy (non-hydrogen) atoms. The molecule has 0 fully saturated rings. The Bertz CT molecular complexity index is 1280. The highest BCUT2D eigenvalue weighted by molar-refractivity contribution is 5.53. The third kappa shape index (κ3) is 7.17. The van der Waals surface area contributed by atoms with E-state index in [-0.39, 0.29) is 0 Å². The topological polar surface area (TPSA) is 70.4 Å². The van der Waals surface area contributed by atoms with Crippen LogP contribution in [0.2, 0.25) is 0 Å². The number of rotatable bonds is 11. The molecule has 3 N–H and O–H groups in total. The summed E-state index contributed by atoms with van der Waals surface area (Å²) in [5.41, 5.74) is 8.43. The molecule has 0 aliphatic heterocycles. The van der Waals surface area contributed by atoms with Crippen LogP contribution in [0.25, 0.3) is 0 Å². The van der Waals surface area contributed by atoms with Crippen LogP contribution in [0, 0.1) is 20.8 Å². The fourth-order valence-corrected chi connectivity index (χ4v) is 5.65. The SMILES string of the molecule is Cc1cc(CCC(C)(c2cc(C)c(O)c(CN(C)C)c2)c2cc(C)c(O)c(CN(C)C)c2)cc(CN(C)C)c1O. The van der Waals surface area contributed by atoms with Crippen molar-refractivity contribution in [3.63, 3.8) is 0 Å². The Morgan fingerprint density at radius 2 is 0.900 bits per heavy atom. The van der Waals surface area contributed by atoms with Gasteiger partial charge in [0.1, 0.15) is 17.2 Å². The number of hydrogen-bond donors (Lipinski definition) is 3. The van der Waals surface area contributed by atoms with Gasteiger partial charge in [-0.15, -0.1) is 0 Å². The Balaban J connectivity index is 2.19. The van der Waals surface area contributed by atoms with Crippen LogP contribution in [0.15, 0.2) is 36.4 Å². The summed E-state index contributed by atoms with van der Waals surface area (Å²) < 4.78 is 0. The average Bonchev–Trinajstić information content (AvgIpc) is 2.85. The minimum absolute atomic E-state index is 0.345. The Morgan fingerprint density at radius 3 is 1.27 bits per heavy atom. The smallest absolute Gasteiger partial charge is 0.122 e. The number of aromatic hydroxyl groups is 3. The molecule has 6 nitrogen and oxygen atoms in total. The molecular formula is C34H49N3O3. The minimum atomic E-state index is -0.396. The normalized spacial score (nSPS) is 12.2. The number of benzene rings is 3. The van der Waals surface area contributed by atoms with E-state index < -0.39 is 5.41 Å². The average molecular weight is 548 g/mol. The second kappa shape index (κ2) is 12.6. The maximum Gasteiger partial charge on any atom is 0.122 e. The van der Waals surface area contributed by atoms with Crippen LogP contribution >= 0.6 is 0 Å². The van der Waals surface area contributed by atoms with Gasteiger partial charge in [-0.3, -0.25) is 0 Å². The van der Waals surface area contributed by atoms with Gasteiger partial charge in [0.05, 0.1) is 0 Å². The molecule has 0 spiro atoms. The van der Waals surface area contributed by atoms with Gasteiger partial charge in [0.2, 0.25) is 0 Å². The second-order valence-electron chi connectivity index (χ2n) is 12.6. The van der Waals surface area contributed by atoms with Gasteiger partial charge in [-0.2, -0.15) is 0 Å². The summed E-state index contributed by atoms with van der Waals surface area (Å²) in [4.78, 5) is 6.21. The van der Waals surface area contributed by atoms with Crippen molar-refractivity contribution in [3.8, 4) is 17.2 Å². The van der Waals surface area contributed by atoms with Crippen LogP contribution in [0.3, 0.4) is 0 Å². The Morgan fingerprint density at radius 1 is 0.550 bits per heavy atom. The maximum absolute atomic E-state index is 10.9. The van der Waals surface area contributed by atoms with E-state index >= 15 is 0 Å². The van der Waals surface area contributed by atoms with Crippen LogP contribution in [0.5, 0.6) is 17.2 Å². The third-order valence-electron chi connectivity index (χ3n) is 7.85. The van der Waals surface area contributed by atoms with Crippen LogP contribution in [0.1, 0.15) is 63.4 Å². The van der Waals surface area contributed by atoms with Crippen molar-refractivity contribution >= 4 is 0 Å². The van der Waals surface area contributed by atoms with Crippen LogP contribution in [0.4, 0.5) is 0 Å². The summed E-state index contributed by atoms with van der Waals surface area (Å²) in [6.45, 7) is 10.1. The number of hydrogen-bond acceptors (Lipinski definition) is 6. The molecule has 3 aromatic rings. The van der Waals surface area contributed by atoms with E-state index in [9.17, 15) is 15.3 Å². The highest BCUT2D eigenvalue weighted by Gasteiger charge is 2.32. The van der Waals surface area contributed by atoms with Crippen molar-refractivity contribution in [2.24, 2.45) is 0 Å². The number of phenolic OH excluding ortho intramolecular Hbond substituents is 3. The van der Waals surface area contributed by atoms with Gasteiger partial charge in [-0.05, 0) is 121 Å². The van der Waals surface area contributed by atoms with Crippen molar-refractivity contribution in [3.05, 3.63) is 86.5 Å². The van der Waals surface area contributed by atoms with E-state index in [4.69, 9.17) is 0 Å². The zero-order chi connectivity index (χ0) is 29.9. The summed E-state index contributed by atoms with van der Waals surface area (Å²) in [6, 6.07) is 12.7. The molecule has 3 aromatic carbocycles. The van der Waals surface area contributed by atoms with E-state index in [2.05, 4.69) is 58.0 Å². The summed E-state index contributed by atoms with van der Waals surface area (Å²) >= 11 is 0. The summed E-state index contributed by atoms with van der Waals surface area (Å²) in [6.07, 6.45) is 1.62. The molecule has 0 aliphatic carbocycles. The molecule has 0 heterocycles. The lowest BCUT2D eigenvalue weighted by molar-refractivity contribution is 0.382. The molecule has 0 aliphatic rings. The minimum Gasteiger partial charge on any atom is -0.507 e. The molecule has 0 aromatic heterocycles. The molecule has 0 unspecified atom stereocenters. The molecule has 6 heteroatoms. The highest BCUT2D eigenvalue weighted by Crippen LogP contribution is 2.42. The Kier molecular flexibility index (Phi) is 9.94. The third-order valence-corrected chi connectivity index (χ3v) is 7.85. The predicted molar refractivity (Wildman–Crippen MR) is 165 cm³/mol. The molecule has 0 saturated heterocycles. The van der Waals surface area contributed by atoms with Gasteiger partial charge in [0, 0.05) is 41.7 Å². The van der Waals surface area contributed by atoms with Gasteiger partial charge in [0.15, 0.2) is 0 Å². The molecule has 0 radical (unpaired) electrons. The lowest BCUT2D eigenvalue weighted by Gasteiger charge is -2.34. The molecule has 3 rings (SSSR count). The molecule has 0 bridgehead atoms. The van der Waals surface area contributed by atoms with Gasteiger partial charge < -0.3 is 30.0 Å². The van der Waals surface area contributed by atoms with E-state index in [1.165, 1.54) is 5.56 Å². The van der Waals surface area contributed by atoms with Crippen molar-refractivity contribution < 1.29 is 15.3 Å². The lowest BCUT2D eigenvalue weighted by Crippen LogP contribution is -2.26. The van der Waals surface area contributed by atoms with Crippen LogP contribution in [-0.2, 0) is 31.5 Å². The fourth-order valence-electron chi connectivity index (χ4n) is 5.65. The summed E-state index contributed by atoms with van der Waals surface area (Å²) in [7, 11) is 12.1. The number of nitrogens with zero attached hydrogens (tertiary/aromatic N) is 3. The summed E-state index contributed by atoms with van der Waals surface area (Å²) in [5, 5.41) is 32.5. The predicted octanol–water partition coefficient (Wildman–Crippen LogP) is 5.85. The van der Waals surface area contributed by atoms with Gasteiger partial charge in [-0.1, -0.05) is 31.2 Å². The van der Waals surface area contributed by atoms with Crippen molar-refractivity contribution in [2.75, 3.05) is 42.3 Å². The van der Waals surface area contributed by atoms with Crippen molar-refractivity contribution in [2.45, 2.75) is 65.6 Å². The number of aryl methyl sites for hydroxylation is 4. The van der Waals surface area contributed by atoms with Crippen LogP contribution < -0.4 is 0 Å². The first-order valence-corrected chi connectivity index (χ1v) is 14.0. The van der Waals surface area contributed by atoms with Gasteiger partial charge in [-0.25, -0.2) is 0 Å². The molecule has 0 saturated carbocycles. The van der Waals surface area contributed by atoms with Crippen molar-refractivity contribution in [1.82, 2.24) is 14.7 Å².